The molecule has 3 rings (SSSR count). The van der Waals surface area contributed by atoms with Gasteiger partial charge in [0.25, 0.3) is 0 Å². The fraction of sp³-hybridized carbons (Fsp3) is 1.00. The second kappa shape index (κ2) is 4.63. The zero-order chi connectivity index (χ0) is 11.0. The molecule has 2 N–H and O–H groups in total. The first-order valence-electron chi connectivity index (χ1n) is 6.97. The van der Waals surface area contributed by atoms with Gasteiger partial charge in [0.15, 0.2) is 0 Å². The molecule has 3 fully saturated rings. The molecular formula is C13H24N2O. The maximum absolute atomic E-state index is 5.98. The lowest BCUT2D eigenvalue weighted by Crippen LogP contribution is -2.58. The van der Waals surface area contributed by atoms with Gasteiger partial charge in [0, 0.05) is 25.2 Å². The van der Waals surface area contributed by atoms with Crippen molar-refractivity contribution in [2.75, 3.05) is 19.7 Å². The number of morpholine rings is 1. The number of hydrogen-bond donors (Lipinski definition) is 1. The van der Waals surface area contributed by atoms with Crippen molar-refractivity contribution < 1.29 is 4.74 Å². The van der Waals surface area contributed by atoms with Crippen molar-refractivity contribution in [3.05, 3.63) is 0 Å². The van der Waals surface area contributed by atoms with Crippen LogP contribution < -0.4 is 5.73 Å². The van der Waals surface area contributed by atoms with Crippen molar-refractivity contribution in [1.29, 1.82) is 0 Å². The van der Waals surface area contributed by atoms with Crippen LogP contribution in [0.2, 0.25) is 0 Å². The lowest BCUT2D eigenvalue weighted by atomic mass is 9.88. The summed E-state index contributed by atoms with van der Waals surface area (Å²) in [5.41, 5.74) is 5.98. The Morgan fingerprint density at radius 2 is 2.00 bits per heavy atom. The van der Waals surface area contributed by atoms with Crippen LogP contribution in [0.1, 0.15) is 38.5 Å². The van der Waals surface area contributed by atoms with Crippen LogP contribution in [0.5, 0.6) is 0 Å². The molecule has 0 radical (unpaired) electrons. The second-order valence-corrected chi connectivity index (χ2v) is 5.64. The highest BCUT2D eigenvalue weighted by atomic mass is 16.5. The third kappa shape index (κ3) is 2.01. The highest BCUT2D eigenvalue weighted by Gasteiger charge is 2.42. The molecule has 0 aromatic carbocycles. The Labute approximate surface area is 98.3 Å². The van der Waals surface area contributed by atoms with Crippen molar-refractivity contribution in [2.24, 2.45) is 11.7 Å². The van der Waals surface area contributed by atoms with Crippen LogP contribution in [0.4, 0.5) is 0 Å². The van der Waals surface area contributed by atoms with E-state index in [0.717, 1.165) is 25.6 Å². The first-order chi connectivity index (χ1) is 7.90. The molecule has 0 spiro atoms. The Hall–Kier alpha value is -0.120. The molecular weight excluding hydrogens is 200 g/mol. The van der Waals surface area contributed by atoms with E-state index in [1.54, 1.807) is 0 Å². The number of nitrogens with zero attached hydrogens (tertiary/aromatic N) is 1. The SMILES string of the molecule is NCC(C1CC1)N1CCOC2CCCCC21. The third-order valence-corrected chi connectivity index (χ3v) is 4.61. The van der Waals surface area contributed by atoms with Crippen LogP contribution >= 0.6 is 0 Å². The minimum absolute atomic E-state index is 0.510. The molecule has 3 atom stereocenters. The Morgan fingerprint density at radius 1 is 1.19 bits per heavy atom. The van der Waals surface area contributed by atoms with E-state index >= 15 is 0 Å². The average molecular weight is 224 g/mol. The van der Waals surface area contributed by atoms with Crippen molar-refractivity contribution >= 4 is 0 Å². The van der Waals surface area contributed by atoms with Crippen LogP contribution in [0.15, 0.2) is 0 Å². The molecule has 3 nitrogen and oxygen atoms in total. The molecule has 0 bridgehead atoms. The summed E-state index contributed by atoms with van der Waals surface area (Å²) in [5, 5.41) is 0. The van der Waals surface area contributed by atoms with Crippen LogP contribution in [0, 0.1) is 5.92 Å². The Morgan fingerprint density at radius 3 is 2.75 bits per heavy atom. The summed E-state index contributed by atoms with van der Waals surface area (Å²) in [6, 6.07) is 1.33. The zero-order valence-corrected chi connectivity index (χ0v) is 10.1. The van der Waals surface area contributed by atoms with E-state index in [2.05, 4.69) is 4.90 Å². The topological polar surface area (TPSA) is 38.5 Å². The summed E-state index contributed by atoms with van der Waals surface area (Å²) in [6.45, 7) is 2.87. The molecule has 1 heterocycles. The summed E-state index contributed by atoms with van der Waals surface area (Å²) in [5.74, 6) is 0.894. The predicted octanol–water partition coefficient (Wildman–Crippen LogP) is 1.37. The van der Waals surface area contributed by atoms with Gasteiger partial charge in [-0.3, -0.25) is 4.90 Å². The predicted molar refractivity (Wildman–Crippen MR) is 64.3 cm³/mol. The van der Waals surface area contributed by atoms with Crippen molar-refractivity contribution in [3.63, 3.8) is 0 Å². The summed E-state index contributed by atoms with van der Waals surface area (Å²) >= 11 is 0. The number of rotatable bonds is 3. The van der Waals surface area contributed by atoms with Gasteiger partial charge < -0.3 is 10.5 Å². The number of fused-ring (bicyclic) bond motifs is 1. The lowest BCUT2D eigenvalue weighted by Gasteiger charge is -2.47. The number of ether oxygens (including phenoxy) is 1. The number of nitrogens with two attached hydrogens (primary N) is 1. The Bertz CT molecular complexity index is 240. The van der Waals surface area contributed by atoms with Gasteiger partial charge in [0.2, 0.25) is 0 Å². The third-order valence-electron chi connectivity index (χ3n) is 4.61. The molecule has 1 aliphatic heterocycles. The molecule has 2 saturated carbocycles. The first-order valence-corrected chi connectivity index (χ1v) is 6.97. The number of hydrogen-bond acceptors (Lipinski definition) is 3. The molecule has 16 heavy (non-hydrogen) atoms. The molecule has 0 amide bonds. The summed E-state index contributed by atoms with van der Waals surface area (Å²) < 4.78 is 5.92. The minimum atomic E-state index is 0.510. The van der Waals surface area contributed by atoms with E-state index in [9.17, 15) is 0 Å². The molecule has 0 aromatic rings. The van der Waals surface area contributed by atoms with Crippen LogP contribution in [0.25, 0.3) is 0 Å². The van der Waals surface area contributed by atoms with Crippen molar-refractivity contribution in [2.45, 2.75) is 56.7 Å². The van der Waals surface area contributed by atoms with Gasteiger partial charge in [-0.25, -0.2) is 0 Å². The van der Waals surface area contributed by atoms with Gasteiger partial charge in [-0.2, -0.15) is 0 Å². The van der Waals surface area contributed by atoms with E-state index in [1.165, 1.54) is 38.5 Å². The fourth-order valence-corrected chi connectivity index (χ4v) is 3.62. The van der Waals surface area contributed by atoms with Gasteiger partial charge in [-0.15, -0.1) is 0 Å². The molecule has 2 aliphatic carbocycles. The molecule has 1 saturated heterocycles. The largest absolute Gasteiger partial charge is 0.375 e. The van der Waals surface area contributed by atoms with Gasteiger partial charge in [0.1, 0.15) is 0 Å². The summed E-state index contributed by atoms with van der Waals surface area (Å²) in [4.78, 5) is 2.70. The molecule has 92 valence electrons. The van der Waals surface area contributed by atoms with Crippen molar-refractivity contribution in [1.82, 2.24) is 4.90 Å². The van der Waals surface area contributed by atoms with Crippen LogP contribution in [0.3, 0.4) is 0 Å². The van der Waals surface area contributed by atoms with Gasteiger partial charge >= 0.3 is 0 Å². The monoisotopic (exact) mass is 224 g/mol. The highest BCUT2D eigenvalue weighted by Crippen LogP contribution is 2.38. The average Bonchev–Trinajstić information content (AvgIpc) is 3.15. The smallest absolute Gasteiger partial charge is 0.0731 e. The van der Waals surface area contributed by atoms with E-state index in [1.807, 2.05) is 0 Å². The van der Waals surface area contributed by atoms with Crippen LogP contribution in [-0.4, -0.2) is 42.8 Å². The van der Waals surface area contributed by atoms with E-state index in [0.29, 0.717) is 18.2 Å². The second-order valence-electron chi connectivity index (χ2n) is 5.64. The normalized spacial score (nSPS) is 38.1. The lowest BCUT2D eigenvalue weighted by molar-refractivity contribution is -0.104. The zero-order valence-electron chi connectivity index (χ0n) is 10.1. The fourth-order valence-electron chi connectivity index (χ4n) is 3.62. The molecule has 3 aliphatic rings. The summed E-state index contributed by atoms with van der Waals surface area (Å²) in [7, 11) is 0. The standard InChI is InChI=1S/C13H24N2O/c14-9-12(10-5-6-10)15-7-8-16-13-4-2-1-3-11(13)15/h10-13H,1-9,14H2. The highest BCUT2D eigenvalue weighted by molar-refractivity contribution is 4.96. The van der Waals surface area contributed by atoms with E-state index < -0.39 is 0 Å². The molecule has 3 unspecified atom stereocenters. The molecule has 0 aromatic heterocycles. The van der Waals surface area contributed by atoms with Crippen LogP contribution in [-0.2, 0) is 4.74 Å². The van der Waals surface area contributed by atoms with E-state index in [4.69, 9.17) is 10.5 Å². The maximum Gasteiger partial charge on any atom is 0.0731 e. The minimum Gasteiger partial charge on any atom is -0.375 e. The van der Waals surface area contributed by atoms with Crippen molar-refractivity contribution in [3.8, 4) is 0 Å². The maximum atomic E-state index is 5.98. The van der Waals surface area contributed by atoms with Gasteiger partial charge in [0.05, 0.1) is 12.7 Å². The Kier molecular flexibility index (Phi) is 3.18. The van der Waals surface area contributed by atoms with Gasteiger partial charge in [-0.05, 0) is 31.6 Å². The van der Waals surface area contributed by atoms with E-state index in [-0.39, 0.29) is 0 Å². The first kappa shape index (κ1) is 11.0. The molecule has 3 heteroatoms. The Balaban J connectivity index is 1.71. The van der Waals surface area contributed by atoms with Gasteiger partial charge in [-0.1, -0.05) is 12.8 Å². The summed E-state index contributed by atoms with van der Waals surface area (Å²) in [6.07, 6.45) is 8.63. The quantitative estimate of drug-likeness (QED) is 0.787.